The van der Waals surface area contributed by atoms with Crippen molar-refractivity contribution < 1.29 is 27.1 Å². The molecule has 1 atom stereocenters. The molecule has 0 aliphatic carbocycles. The molecule has 0 spiro atoms. The molecular weight excluding hydrogens is 379 g/mol. The average Bonchev–Trinajstić information content (AvgIpc) is 3.13. The predicted molar refractivity (Wildman–Crippen MR) is 92.3 cm³/mol. The number of hydrogen-bond acceptors (Lipinski definition) is 7. The Kier molecular flexibility index (Phi) is 5.51. The van der Waals surface area contributed by atoms with Gasteiger partial charge < -0.3 is 9.47 Å². The quantitative estimate of drug-likeness (QED) is 0.818. The smallest absolute Gasteiger partial charge is 0.411 e. The summed E-state index contributed by atoms with van der Waals surface area (Å²) >= 11 is 0. The fraction of sp³-hybridized carbons (Fsp3) is 0.312. The van der Waals surface area contributed by atoms with Crippen LogP contribution in [0, 0.1) is 5.82 Å². The van der Waals surface area contributed by atoms with Gasteiger partial charge in [0, 0.05) is 12.2 Å². The molecule has 144 valence electrons. The predicted octanol–water partition coefficient (Wildman–Crippen LogP) is 1.64. The molecule has 27 heavy (non-hydrogen) atoms. The fourth-order valence-electron chi connectivity index (χ4n) is 2.55. The third kappa shape index (κ3) is 4.49. The van der Waals surface area contributed by atoms with Crippen molar-refractivity contribution in [2.75, 3.05) is 25.5 Å². The molecule has 1 saturated heterocycles. The lowest BCUT2D eigenvalue weighted by Gasteiger charge is -2.17. The van der Waals surface area contributed by atoms with Gasteiger partial charge in [0.05, 0.1) is 30.9 Å². The molecule has 1 aliphatic rings. The van der Waals surface area contributed by atoms with Gasteiger partial charge in [0.25, 0.3) is 0 Å². The minimum atomic E-state index is -3.71. The first-order chi connectivity index (χ1) is 12.9. The van der Waals surface area contributed by atoms with Gasteiger partial charge in [-0.3, -0.25) is 5.32 Å². The zero-order valence-electron chi connectivity index (χ0n) is 14.3. The number of amides is 1. The normalized spacial score (nSPS) is 17.5. The highest BCUT2D eigenvalue weighted by atomic mass is 32.2. The van der Waals surface area contributed by atoms with E-state index in [9.17, 15) is 17.6 Å². The summed E-state index contributed by atoms with van der Waals surface area (Å²) in [6.45, 7) is 0.404. The summed E-state index contributed by atoms with van der Waals surface area (Å²) < 4.78 is 49.6. The Labute approximate surface area is 155 Å². The number of nitrogens with zero attached hydrogens (tertiary/aromatic N) is 3. The lowest BCUT2D eigenvalue weighted by Crippen LogP contribution is -2.31. The summed E-state index contributed by atoms with van der Waals surface area (Å²) in [5.41, 5.74) is 0.414. The van der Waals surface area contributed by atoms with Crippen LogP contribution in [0.4, 0.5) is 14.9 Å². The molecule has 1 N–H and O–H groups in total. The molecule has 0 bridgehead atoms. The van der Waals surface area contributed by atoms with Gasteiger partial charge in [0.15, 0.2) is 5.82 Å². The first kappa shape index (κ1) is 19.0. The standard InChI is InChI=1S/C16H17FN4O5S/c1-25-16(22)20-12-2-4-14(5-3-12)27(23,24)21-7-6-13(10-21)26-15-18-8-11(17)9-19-15/h2-5,8-9,13H,6-7,10H2,1H3,(H,20,22)/t13-/m0/s1. The van der Waals surface area contributed by atoms with E-state index >= 15 is 0 Å². The van der Waals surface area contributed by atoms with Gasteiger partial charge in [-0.15, -0.1) is 0 Å². The molecule has 1 amide bonds. The molecule has 2 heterocycles. The highest BCUT2D eigenvalue weighted by Gasteiger charge is 2.34. The Balaban J connectivity index is 1.65. The largest absolute Gasteiger partial charge is 0.459 e. The number of anilines is 1. The first-order valence-electron chi connectivity index (χ1n) is 7.98. The Morgan fingerprint density at radius 2 is 1.93 bits per heavy atom. The Bertz CT molecular complexity index is 905. The van der Waals surface area contributed by atoms with Crippen LogP contribution in [0.2, 0.25) is 0 Å². The number of rotatable bonds is 5. The molecule has 1 aromatic carbocycles. The monoisotopic (exact) mass is 396 g/mol. The summed E-state index contributed by atoms with van der Waals surface area (Å²) in [6, 6.07) is 5.75. The summed E-state index contributed by atoms with van der Waals surface area (Å²) in [7, 11) is -2.48. The van der Waals surface area contributed by atoms with Crippen LogP contribution in [0.3, 0.4) is 0 Å². The van der Waals surface area contributed by atoms with Crippen LogP contribution in [0.5, 0.6) is 6.01 Å². The minimum Gasteiger partial charge on any atom is -0.459 e. The number of methoxy groups -OCH3 is 1. The maximum atomic E-state index is 12.8. The van der Waals surface area contributed by atoms with Crippen molar-refractivity contribution in [1.29, 1.82) is 0 Å². The molecule has 2 aromatic rings. The summed E-state index contributed by atoms with van der Waals surface area (Å²) in [5.74, 6) is -0.580. The van der Waals surface area contributed by atoms with Crippen molar-refractivity contribution in [3.05, 3.63) is 42.5 Å². The van der Waals surface area contributed by atoms with Crippen LogP contribution >= 0.6 is 0 Å². The van der Waals surface area contributed by atoms with Crippen molar-refractivity contribution >= 4 is 21.8 Å². The number of carbonyl (C=O) groups is 1. The van der Waals surface area contributed by atoms with Crippen molar-refractivity contribution in [2.24, 2.45) is 0 Å². The van der Waals surface area contributed by atoms with Gasteiger partial charge in [-0.1, -0.05) is 0 Å². The topological polar surface area (TPSA) is 111 Å². The third-order valence-electron chi connectivity index (χ3n) is 3.90. The number of halogens is 1. The van der Waals surface area contributed by atoms with Crippen LogP contribution in [0.25, 0.3) is 0 Å². The number of hydrogen-bond donors (Lipinski definition) is 1. The highest BCUT2D eigenvalue weighted by molar-refractivity contribution is 7.89. The van der Waals surface area contributed by atoms with E-state index in [-0.39, 0.29) is 24.0 Å². The SMILES string of the molecule is COC(=O)Nc1ccc(S(=O)(=O)N2CC[C@H](Oc3ncc(F)cn3)C2)cc1. The molecule has 1 aliphatic heterocycles. The molecule has 1 aromatic heterocycles. The molecule has 0 saturated carbocycles. The lowest BCUT2D eigenvalue weighted by atomic mass is 10.3. The average molecular weight is 396 g/mol. The summed E-state index contributed by atoms with van der Waals surface area (Å²) in [5, 5.41) is 2.45. The summed E-state index contributed by atoms with van der Waals surface area (Å²) in [6.07, 6.45) is 1.35. The van der Waals surface area contributed by atoms with E-state index < -0.39 is 28.0 Å². The number of ether oxygens (including phenoxy) is 2. The van der Waals surface area contributed by atoms with Gasteiger partial charge >= 0.3 is 12.1 Å². The number of aromatic nitrogens is 2. The Morgan fingerprint density at radius 1 is 1.26 bits per heavy atom. The van der Waals surface area contributed by atoms with Crippen LogP contribution < -0.4 is 10.1 Å². The van der Waals surface area contributed by atoms with E-state index in [1.54, 1.807) is 0 Å². The fourth-order valence-corrected chi connectivity index (χ4v) is 4.04. The first-order valence-corrected chi connectivity index (χ1v) is 9.42. The van der Waals surface area contributed by atoms with Crippen LogP contribution in [0.15, 0.2) is 41.6 Å². The summed E-state index contributed by atoms with van der Waals surface area (Å²) in [4.78, 5) is 18.7. The highest BCUT2D eigenvalue weighted by Crippen LogP contribution is 2.24. The van der Waals surface area contributed by atoms with Crippen molar-refractivity contribution in [1.82, 2.24) is 14.3 Å². The molecular formula is C16H17FN4O5S. The molecule has 11 heteroatoms. The number of benzene rings is 1. The molecule has 0 radical (unpaired) electrons. The van der Waals surface area contributed by atoms with E-state index in [1.807, 2.05) is 0 Å². The van der Waals surface area contributed by atoms with Gasteiger partial charge in [-0.2, -0.15) is 4.31 Å². The van der Waals surface area contributed by atoms with E-state index in [1.165, 1.54) is 35.7 Å². The molecule has 0 unspecified atom stereocenters. The molecule has 3 rings (SSSR count). The van der Waals surface area contributed by atoms with E-state index in [4.69, 9.17) is 4.74 Å². The second kappa shape index (κ2) is 7.84. The number of nitrogens with one attached hydrogen (secondary N) is 1. The minimum absolute atomic E-state index is 0.00103. The third-order valence-corrected chi connectivity index (χ3v) is 5.78. The van der Waals surface area contributed by atoms with Gasteiger partial charge in [-0.25, -0.2) is 27.6 Å². The van der Waals surface area contributed by atoms with Crippen LogP contribution in [-0.2, 0) is 14.8 Å². The molecule has 1 fully saturated rings. The zero-order chi connectivity index (χ0) is 19.4. The van der Waals surface area contributed by atoms with Crippen molar-refractivity contribution in [2.45, 2.75) is 17.4 Å². The number of carbonyl (C=O) groups excluding carboxylic acids is 1. The Hall–Kier alpha value is -2.79. The van der Waals surface area contributed by atoms with Crippen LogP contribution in [0.1, 0.15) is 6.42 Å². The lowest BCUT2D eigenvalue weighted by molar-refractivity contribution is 0.187. The maximum Gasteiger partial charge on any atom is 0.411 e. The number of sulfonamides is 1. The van der Waals surface area contributed by atoms with Gasteiger partial charge in [-0.05, 0) is 30.7 Å². The second-order valence-corrected chi connectivity index (χ2v) is 7.65. The van der Waals surface area contributed by atoms with E-state index in [2.05, 4.69) is 20.0 Å². The van der Waals surface area contributed by atoms with Crippen molar-refractivity contribution in [3.8, 4) is 6.01 Å². The van der Waals surface area contributed by atoms with Gasteiger partial charge in [0.2, 0.25) is 10.0 Å². The van der Waals surface area contributed by atoms with E-state index in [0.717, 1.165) is 12.4 Å². The molecule has 9 nitrogen and oxygen atoms in total. The maximum absolute atomic E-state index is 12.8. The second-order valence-electron chi connectivity index (χ2n) is 5.72. The van der Waals surface area contributed by atoms with Crippen molar-refractivity contribution in [3.63, 3.8) is 0 Å². The van der Waals surface area contributed by atoms with Gasteiger partial charge in [0.1, 0.15) is 6.10 Å². The zero-order valence-corrected chi connectivity index (χ0v) is 15.1. The van der Waals surface area contributed by atoms with E-state index in [0.29, 0.717) is 12.1 Å². The van der Waals surface area contributed by atoms with Crippen LogP contribution in [-0.4, -0.2) is 55.1 Å². The Morgan fingerprint density at radius 3 is 2.56 bits per heavy atom.